The van der Waals surface area contributed by atoms with Crippen LogP contribution in [0.2, 0.25) is 0 Å². The van der Waals surface area contributed by atoms with Gasteiger partial charge in [-0.1, -0.05) is 59.7 Å². The highest BCUT2D eigenvalue weighted by molar-refractivity contribution is 5.99. The summed E-state index contributed by atoms with van der Waals surface area (Å²) in [4.78, 5) is 43.3. The number of phenolic OH excluding ortho intramolecular Hbond substituents is 1. The lowest BCUT2D eigenvalue weighted by Crippen LogP contribution is -2.54. The van der Waals surface area contributed by atoms with E-state index in [-0.39, 0.29) is 30.0 Å². The molecule has 0 bridgehead atoms. The fourth-order valence-electron chi connectivity index (χ4n) is 5.09. The second kappa shape index (κ2) is 12.7. The minimum absolute atomic E-state index is 0.101. The number of nitrogens with zero attached hydrogens (tertiary/aromatic N) is 1. The number of para-hydroxylation sites is 1. The van der Waals surface area contributed by atoms with Crippen LogP contribution in [-0.2, 0) is 20.7 Å². The van der Waals surface area contributed by atoms with Gasteiger partial charge in [-0.25, -0.2) is 4.79 Å². The Morgan fingerprint density at radius 1 is 0.952 bits per heavy atom. The molecule has 2 atom stereocenters. The van der Waals surface area contributed by atoms with Crippen LogP contribution in [0.5, 0.6) is 5.75 Å². The quantitative estimate of drug-likeness (QED) is 0.287. The molecule has 3 N–H and O–H groups in total. The molecule has 42 heavy (non-hydrogen) atoms. The van der Waals surface area contributed by atoms with E-state index < -0.39 is 23.8 Å². The van der Waals surface area contributed by atoms with Crippen molar-refractivity contribution in [2.45, 2.75) is 84.5 Å². The van der Waals surface area contributed by atoms with Gasteiger partial charge in [-0.15, -0.1) is 0 Å². The third-order valence-electron chi connectivity index (χ3n) is 7.05. The van der Waals surface area contributed by atoms with Crippen LogP contribution >= 0.6 is 0 Å². The van der Waals surface area contributed by atoms with E-state index in [1.807, 2.05) is 63.2 Å². The van der Waals surface area contributed by atoms with Gasteiger partial charge in [0.2, 0.25) is 5.91 Å². The van der Waals surface area contributed by atoms with Crippen molar-refractivity contribution in [3.63, 3.8) is 0 Å². The smallest absolute Gasteiger partial charge is 0.408 e. The molecule has 0 aliphatic heterocycles. The van der Waals surface area contributed by atoms with E-state index in [1.54, 1.807) is 37.8 Å². The summed E-state index contributed by atoms with van der Waals surface area (Å²) in [5, 5.41) is 15.6. The van der Waals surface area contributed by atoms with Crippen LogP contribution in [0.15, 0.2) is 66.7 Å². The van der Waals surface area contributed by atoms with Gasteiger partial charge in [-0.2, -0.15) is 0 Å². The lowest BCUT2D eigenvalue weighted by molar-refractivity contribution is -0.141. The third kappa shape index (κ3) is 8.12. The molecule has 0 aromatic heterocycles. The highest BCUT2D eigenvalue weighted by Gasteiger charge is 2.44. The summed E-state index contributed by atoms with van der Waals surface area (Å²) in [6.07, 6.45) is 0.940. The molecular formula is C34H41N3O5. The van der Waals surface area contributed by atoms with E-state index in [9.17, 15) is 19.5 Å². The van der Waals surface area contributed by atoms with Crippen LogP contribution in [0, 0.1) is 20.8 Å². The predicted molar refractivity (Wildman–Crippen MR) is 163 cm³/mol. The van der Waals surface area contributed by atoms with Crippen molar-refractivity contribution in [2.75, 3.05) is 5.32 Å². The summed E-state index contributed by atoms with van der Waals surface area (Å²) in [5.41, 5.74) is 4.23. The largest absolute Gasteiger partial charge is 0.508 e. The van der Waals surface area contributed by atoms with E-state index in [0.29, 0.717) is 11.3 Å². The maximum absolute atomic E-state index is 14.5. The minimum atomic E-state index is -1.01. The van der Waals surface area contributed by atoms with Gasteiger partial charge in [0.1, 0.15) is 23.4 Å². The number of alkyl carbamates (subject to hydrolysis) is 1. The predicted octanol–water partition coefficient (Wildman–Crippen LogP) is 6.12. The number of hydrogen-bond acceptors (Lipinski definition) is 5. The fourth-order valence-corrected chi connectivity index (χ4v) is 5.09. The number of rotatable bonds is 9. The van der Waals surface area contributed by atoms with Gasteiger partial charge in [0.25, 0.3) is 5.91 Å². The molecule has 222 valence electrons. The molecule has 8 nitrogen and oxygen atoms in total. The summed E-state index contributed by atoms with van der Waals surface area (Å²) >= 11 is 0. The molecule has 1 aliphatic rings. The second-order valence-electron chi connectivity index (χ2n) is 12.2. The van der Waals surface area contributed by atoms with Crippen molar-refractivity contribution in [3.05, 3.63) is 94.5 Å². The monoisotopic (exact) mass is 571 g/mol. The molecule has 1 aliphatic carbocycles. The Bertz CT molecular complexity index is 1420. The molecular weight excluding hydrogens is 530 g/mol. The zero-order valence-corrected chi connectivity index (χ0v) is 25.2. The molecule has 3 aromatic rings. The summed E-state index contributed by atoms with van der Waals surface area (Å²) in [6.45, 7) is 11.1. The Hall–Kier alpha value is -4.33. The van der Waals surface area contributed by atoms with Crippen molar-refractivity contribution < 1.29 is 24.2 Å². The Morgan fingerprint density at radius 3 is 2.14 bits per heavy atom. The van der Waals surface area contributed by atoms with Crippen molar-refractivity contribution in [2.24, 2.45) is 0 Å². The molecule has 4 rings (SSSR count). The van der Waals surface area contributed by atoms with Gasteiger partial charge in [0.15, 0.2) is 0 Å². The molecule has 0 spiro atoms. The SMILES string of the molecule is Cc1cc(C)cc(C(C(=O)Nc2ccccc2C)N(C(=O)C(Cc2ccc(O)cc2)NC(=O)OC(C)(C)C)C2CC2)c1. The number of nitrogens with one attached hydrogen (secondary N) is 2. The Balaban J connectivity index is 1.75. The number of aromatic hydroxyl groups is 1. The number of ether oxygens (including phenoxy) is 1. The zero-order valence-electron chi connectivity index (χ0n) is 25.2. The standard InChI is InChI=1S/C34H41N3O5/c1-21-17-22(2)19-25(18-21)30(31(39)35-28-10-8-7-9-23(28)3)37(26-13-14-26)32(40)29(36-33(41)42-34(4,5)6)20-24-11-15-27(38)16-12-24/h7-12,15-19,26,29-30,38H,13-14,20H2,1-6H3,(H,35,39)(H,36,41). The first kappa shape index (κ1) is 30.6. The molecule has 3 amide bonds. The normalized spacial score (nSPS) is 14.4. The molecule has 8 heteroatoms. The van der Waals surface area contributed by atoms with Crippen molar-refractivity contribution in [1.82, 2.24) is 10.2 Å². The van der Waals surface area contributed by atoms with Gasteiger partial charge in [0, 0.05) is 18.2 Å². The number of anilines is 1. The van der Waals surface area contributed by atoms with Gasteiger partial charge >= 0.3 is 6.09 Å². The summed E-state index contributed by atoms with van der Waals surface area (Å²) in [6, 6.07) is 17.8. The summed E-state index contributed by atoms with van der Waals surface area (Å²) < 4.78 is 5.51. The number of benzene rings is 3. The summed E-state index contributed by atoms with van der Waals surface area (Å²) in [5.74, 6) is -0.597. The van der Waals surface area contributed by atoms with E-state index in [0.717, 1.165) is 35.1 Å². The summed E-state index contributed by atoms with van der Waals surface area (Å²) in [7, 11) is 0. The highest BCUT2D eigenvalue weighted by Crippen LogP contribution is 2.37. The number of aryl methyl sites for hydroxylation is 3. The second-order valence-corrected chi connectivity index (χ2v) is 12.2. The first-order valence-corrected chi connectivity index (χ1v) is 14.3. The molecule has 0 saturated heterocycles. The van der Waals surface area contributed by atoms with Crippen LogP contribution in [0.1, 0.15) is 67.5 Å². The average Bonchev–Trinajstić information content (AvgIpc) is 3.72. The van der Waals surface area contributed by atoms with Gasteiger partial charge in [-0.3, -0.25) is 9.59 Å². The van der Waals surface area contributed by atoms with Crippen molar-refractivity contribution >= 4 is 23.6 Å². The first-order chi connectivity index (χ1) is 19.8. The van der Waals surface area contributed by atoms with E-state index >= 15 is 0 Å². The minimum Gasteiger partial charge on any atom is -0.508 e. The van der Waals surface area contributed by atoms with Crippen LogP contribution in [0.4, 0.5) is 10.5 Å². The van der Waals surface area contributed by atoms with Crippen LogP contribution in [-0.4, -0.2) is 45.6 Å². The van der Waals surface area contributed by atoms with E-state index in [4.69, 9.17) is 4.74 Å². The molecule has 0 heterocycles. The highest BCUT2D eigenvalue weighted by atomic mass is 16.6. The Kier molecular flexibility index (Phi) is 9.24. The fraction of sp³-hybridized carbons (Fsp3) is 0.382. The molecule has 0 radical (unpaired) electrons. The number of phenols is 1. The van der Waals surface area contributed by atoms with Gasteiger partial charge < -0.3 is 25.4 Å². The van der Waals surface area contributed by atoms with E-state index in [2.05, 4.69) is 10.6 Å². The van der Waals surface area contributed by atoms with Gasteiger partial charge in [0.05, 0.1) is 0 Å². The first-order valence-electron chi connectivity index (χ1n) is 14.3. The zero-order chi connectivity index (χ0) is 30.6. The lowest BCUT2D eigenvalue weighted by atomic mass is 9.97. The third-order valence-corrected chi connectivity index (χ3v) is 7.05. The Labute approximate surface area is 248 Å². The average molecular weight is 572 g/mol. The van der Waals surface area contributed by atoms with Crippen LogP contribution in [0.3, 0.4) is 0 Å². The van der Waals surface area contributed by atoms with Gasteiger partial charge in [-0.05, 0) is 89.3 Å². The van der Waals surface area contributed by atoms with Crippen LogP contribution < -0.4 is 10.6 Å². The lowest BCUT2D eigenvalue weighted by Gasteiger charge is -2.35. The van der Waals surface area contributed by atoms with E-state index in [1.165, 1.54) is 12.1 Å². The molecule has 1 saturated carbocycles. The van der Waals surface area contributed by atoms with Crippen molar-refractivity contribution in [3.8, 4) is 5.75 Å². The number of carbonyl (C=O) groups excluding carboxylic acids is 3. The molecule has 1 fully saturated rings. The maximum Gasteiger partial charge on any atom is 0.408 e. The number of hydrogen-bond donors (Lipinski definition) is 3. The van der Waals surface area contributed by atoms with Crippen molar-refractivity contribution in [1.29, 1.82) is 0 Å². The number of amides is 3. The number of carbonyl (C=O) groups is 3. The molecule has 3 aromatic carbocycles. The molecule has 2 unspecified atom stereocenters. The topological polar surface area (TPSA) is 108 Å². The maximum atomic E-state index is 14.5. The van der Waals surface area contributed by atoms with Crippen LogP contribution in [0.25, 0.3) is 0 Å². The Morgan fingerprint density at radius 2 is 1.57 bits per heavy atom.